The summed E-state index contributed by atoms with van der Waals surface area (Å²) >= 11 is 1.37. The van der Waals surface area contributed by atoms with Gasteiger partial charge in [0.15, 0.2) is 15.0 Å². The van der Waals surface area contributed by atoms with Gasteiger partial charge in [0.1, 0.15) is 11.5 Å². The summed E-state index contributed by atoms with van der Waals surface area (Å²) < 4.78 is 35.1. The van der Waals surface area contributed by atoms with E-state index in [0.29, 0.717) is 22.4 Å². The summed E-state index contributed by atoms with van der Waals surface area (Å²) in [5.41, 5.74) is 0.672. The minimum Gasteiger partial charge on any atom is -0.497 e. The van der Waals surface area contributed by atoms with Crippen molar-refractivity contribution in [3.05, 3.63) is 18.2 Å². The quantitative estimate of drug-likeness (QED) is 0.766. The normalized spacial score (nSPS) is 28.2. The Kier molecular flexibility index (Phi) is 4.38. The first-order valence-electron chi connectivity index (χ1n) is 8.43. The Balaban J connectivity index is 1.79. The van der Waals surface area contributed by atoms with Crippen molar-refractivity contribution in [2.45, 2.75) is 24.1 Å². The number of hydrogen-bond donors (Lipinski definition) is 0. The third-order valence-electron chi connectivity index (χ3n) is 4.84. The minimum atomic E-state index is -3.11. The second-order valence-electron chi connectivity index (χ2n) is 6.72. The molecule has 0 N–H and O–H groups in total. The smallest absolute Gasteiger partial charge is 0.251 e. The largest absolute Gasteiger partial charge is 0.497 e. The van der Waals surface area contributed by atoms with Gasteiger partial charge in [-0.05, 0) is 25.0 Å². The maximum atomic E-state index is 12.3. The molecule has 3 aliphatic rings. The van der Waals surface area contributed by atoms with Crippen LogP contribution in [0.15, 0.2) is 23.2 Å². The number of amidine groups is 1. The molecule has 3 fully saturated rings. The van der Waals surface area contributed by atoms with Crippen molar-refractivity contribution in [3.8, 4) is 11.5 Å². The number of fused-ring (bicyclic) bond motifs is 1. The van der Waals surface area contributed by atoms with Crippen molar-refractivity contribution < 1.29 is 22.7 Å². The van der Waals surface area contributed by atoms with E-state index in [0.717, 1.165) is 12.8 Å². The fourth-order valence-corrected chi connectivity index (χ4v) is 7.26. The Morgan fingerprint density at radius 2 is 2.00 bits per heavy atom. The van der Waals surface area contributed by atoms with Crippen LogP contribution in [0.5, 0.6) is 11.5 Å². The van der Waals surface area contributed by atoms with E-state index in [1.165, 1.54) is 11.8 Å². The van der Waals surface area contributed by atoms with Crippen LogP contribution < -0.4 is 14.4 Å². The molecular weight excluding hydrogens is 376 g/mol. The van der Waals surface area contributed by atoms with E-state index in [1.54, 1.807) is 32.4 Å². The van der Waals surface area contributed by atoms with Gasteiger partial charge in [0.25, 0.3) is 5.91 Å². The molecule has 9 heteroatoms. The summed E-state index contributed by atoms with van der Waals surface area (Å²) in [5, 5.41) is 0.417. The lowest BCUT2D eigenvalue weighted by Gasteiger charge is -2.26. The topological polar surface area (TPSA) is 85.3 Å². The molecule has 1 amide bonds. The number of amides is 1. The monoisotopic (exact) mass is 396 g/mol. The number of benzene rings is 1. The lowest BCUT2D eigenvalue weighted by atomic mass is 10.2. The van der Waals surface area contributed by atoms with Gasteiger partial charge in [-0.25, -0.2) is 8.42 Å². The SMILES string of the molecule is COc1ccc(OC)c(N2C(=NC(=O)C3CC3)SC3CS(=O)(=O)CC32)c1. The van der Waals surface area contributed by atoms with Gasteiger partial charge in [0.05, 0.1) is 37.5 Å². The number of sulfone groups is 1. The van der Waals surface area contributed by atoms with Crippen molar-refractivity contribution in [2.75, 3.05) is 30.6 Å². The van der Waals surface area contributed by atoms with Gasteiger partial charge in [0.2, 0.25) is 0 Å². The predicted molar refractivity (Wildman–Crippen MR) is 101 cm³/mol. The number of ether oxygens (including phenoxy) is 2. The first-order valence-corrected chi connectivity index (χ1v) is 11.1. The standard InChI is InChI=1S/C17H20N2O5S2/c1-23-11-5-6-14(24-2)12(7-11)19-13-8-26(21,22)9-15(13)25-17(19)18-16(20)10-3-4-10/h5-7,10,13,15H,3-4,8-9H2,1-2H3. The second-order valence-corrected chi connectivity index (χ2v) is 10.1. The minimum absolute atomic E-state index is 0.0151. The van der Waals surface area contributed by atoms with Gasteiger partial charge >= 0.3 is 0 Å². The maximum Gasteiger partial charge on any atom is 0.251 e. The molecule has 2 aliphatic heterocycles. The van der Waals surface area contributed by atoms with E-state index in [9.17, 15) is 13.2 Å². The van der Waals surface area contributed by atoms with Gasteiger partial charge in [-0.3, -0.25) is 4.79 Å². The highest BCUT2D eigenvalue weighted by atomic mass is 32.2. The van der Waals surface area contributed by atoms with Crippen molar-refractivity contribution in [2.24, 2.45) is 10.9 Å². The first-order chi connectivity index (χ1) is 12.4. The van der Waals surface area contributed by atoms with Crippen molar-refractivity contribution in [1.29, 1.82) is 0 Å². The second kappa shape index (κ2) is 6.45. The molecular formula is C17H20N2O5S2. The van der Waals surface area contributed by atoms with Crippen LogP contribution in [0.4, 0.5) is 5.69 Å². The average Bonchev–Trinajstić information content (AvgIpc) is 3.35. The molecule has 2 heterocycles. The van der Waals surface area contributed by atoms with Crippen molar-refractivity contribution >= 4 is 38.4 Å². The Labute approximate surface area is 156 Å². The Morgan fingerprint density at radius 3 is 2.65 bits per heavy atom. The molecule has 1 saturated carbocycles. The van der Waals surface area contributed by atoms with Gasteiger partial charge in [-0.1, -0.05) is 11.8 Å². The van der Waals surface area contributed by atoms with Crippen LogP contribution >= 0.6 is 11.8 Å². The molecule has 1 aromatic carbocycles. The van der Waals surface area contributed by atoms with Crippen LogP contribution in [-0.4, -0.2) is 56.5 Å². The molecule has 7 nitrogen and oxygen atoms in total. The summed E-state index contributed by atoms with van der Waals surface area (Å²) in [6, 6.07) is 5.08. The number of aliphatic imine (C=N–C) groups is 1. The number of rotatable bonds is 4. The molecule has 2 atom stereocenters. The summed E-state index contributed by atoms with van der Waals surface area (Å²) in [5.74, 6) is 1.25. The molecule has 140 valence electrons. The van der Waals surface area contributed by atoms with Crippen LogP contribution in [0, 0.1) is 5.92 Å². The Hall–Kier alpha value is -1.74. The molecule has 1 aliphatic carbocycles. The predicted octanol–water partition coefficient (Wildman–Crippen LogP) is 1.72. The number of hydrogen-bond acceptors (Lipinski definition) is 6. The average molecular weight is 396 g/mol. The molecule has 0 radical (unpaired) electrons. The van der Waals surface area contributed by atoms with Gasteiger partial charge in [-0.15, -0.1) is 0 Å². The molecule has 1 aromatic rings. The number of carbonyl (C=O) groups excluding carboxylic acids is 1. The summed E-state index contributed by atoms with van der Waals surface area (Å²) in [4.78, 5) is 18.4. The molecule has 26 heavy (non-hydrogen) atoms. The number of nitrogens with zero attached hydrogens (tertiary/aromatic N) is 2. The van der Waals surface area contributed by atoms with Gasteiger partial charge in [0, 0.05) is 17.2 Å². The molecule has 0 aromatic heterocycles. The van der Waals surface area contributed by atoms with Crippen LogP contribution in [-0.2, 0) is 14.6 Å². The molecule has 2 saturated heterocycles. The van der Waals surface area contributed by atoms with Crippen LogP contribution in [0.1, 0.15) is 12.8 Å². The maximum absolute atomic E-state index is 12.3. The van der Waals surface area contributed by atoms with Crippen LogP contribution in [0.2, 0.25) is 0 Å². The van der Waals surface area contributed by atoms with E-state index in [4.69, 9.17) is 9.47 Å². The number of anilines is 1. The van der Waals surface area contributed by atoms with Gasteiger partial charge < -0.3 is 14.4 Å². The van der Waals surface area contributed by atoms with E-state index < -0.39 is 9.84 Å². The fourth-order valence-electron chi connectivity index (χ4n) is 3.35. The summed E-state index contributed by atoms with van der Waals surface area (Å²) in [6.45, 7) is 0. The molecule has 0 spiro atoms. The number of thioether (sulfide) groups is 1. The van der Waals surface area contributed by atoms with E-state index in [2.05, 4.69) is 4.99 Å². The lowest BCUT2D eigenvalue weighted by Crippen LogP contribution is -2.38. The molecule has 0 bridgehead atoms. The third kappa shape index (κ3) is 3.18. The number of methoxy groups -OCH3 is 2. The van der Waals surface area contributed by atoms with E-state index in [-0.39, 0.29) is 34.6 Å². The Morgan fingerprint density at radius 1 is 1.23 bits per heavy atom. The zero-order valence-corrected chi connectivity index (χ0v) is 16.2. The Bertz CT molecular complexity index is 879. The highest BCUT2D eigenvalue weighted by molar-refractivity contribution is 8.16. The van der Waals surface area contributed by atoms with Crippen molar-refractivity contribution in [1.82, 2.24) is 0 Å². The third-order valence-corrected chi connectivity index (χ3v) is 8.05. The highest BCUT2D eigenvalue weighted by Gasteiger charge is 2.50. The van der Waals surface area contributed by atoms with E-state index in [1.807, 2.05) is 4.90 Å². The van der Waals surface area contributed by atoms with Crippen LogP contribution in [0.3, 0.4) is 0 Å². The van der Waals surface area contributed by atoms with Crippen LogP contribution in [0.25, 0.3) is 0 Å². The fraction of sp³-hybridized carbons (Fsp3) is 0.529. The van der Waals surface area contributed by atoms with E-state index >= 15 is 0 Å². The zero-order chi connectivity index (χ0) is 18.5. The zero-order valence-electron chi connectivity index (χ0n) is 14.5. The highest BCUT2D eigenvalue weighted by Crippen LogP contribution is 2.45. The first kappa shape index (κ1) is 17.7. The molecule has 4 rings (SSSR count). The van der Waals surface area contributed by atoms with Crippen molar-refractivity contribution in [3.63, 3.8) is 0 Å². The summed E-state index contributed by atoms with van der Waals surface area (Å²) in [6.07, 6.45) is 1.76. The molecule has 2 unspecified atom stereocenters. The number of carbonyl (C=O) groups is 1. The lowest BCUT2D eigenvalue weighted by molar-refractivity contribution is -0.118. The van der Waals surface area contributed by atoms with Gasteiger partial charge in [-0.2, -0.15) is 4.99 Å². The summed E-state index contributed by atoms with van der Waals surface area (Å²) in [7, 11) is 0.0153.